The van der Waals surface area contributed by atoms with Gasteiger partial charge in [0, 0.05) is 6.20 Å². The first-order valence-electron chi connectivity index (χ1n) is 4.18. The highest BCUT2D eigenvalue weighted by Gasteiger charge is 2.34. The summed E-state index contributed by atoms with van der Waals surface area (Å²) >= 11 is 0. The third kappa shape index (κ3) is 1.81. The number of alkyl halides is 3. The molecule has 0 unspecified atom stereocenters. The van der Waals surface area contributed by atoms with Crippen molar-refractivity contribution in [1.29, 1.82) is 0 Å². The van der Waals surface area contributed by atoms with Gasteiger partial charge in [0.2, 0.25) is 5.95 Å². The van der Waals surface area contributed by atoms with E-state index >= 15 is 0 Å². The van der Waals surface area contributed by atoms with Crippen molar-refractivity contribution < 1.29 is 13.2 Å². The predicted octanol–water partition coefficient (Wildman–Crippen LogP) is 1.26. The van der Waals surface area contributed by atoms with Crippen molar-refractivity contribution in [2.75, 3.05) is 5.73 Å². The van der Waals surface area contributed by atoms with Crippen molar-refractivity contribution in [3.05, 3.63) is 30.2 Å². The first kappa shape index (κ1) is 10.4. The van der Waals surface area contributed by atoms with E-state index in [4.69, 9.17) is 5.73 Å². The Labute approximate surface area is 87.7 Å². The third-order valence-corrected chi connectivity index (χ3v) is 1.82. The van der Waals surface area contributed by atoms with Gasteiger partial charge in [0.25, 0.3) is 0 Å². The summed E-state index contributed by atoms with van der Waals surface area (Å²) in [4.78, 5) is 7.15. The molecule has 16 heavy (non-hydrogen) atoms. The molecule has 0 aliphatic heterocycles. The Hall–Kier alpha value is -2.12. The number of anilines is 1. The zero-order valence-corrected chi connectivity index (χ0v) is 7.81. The van der Waals surface area contributed by atoms with Crippen LogP contribution in [0.25, 0.3) is 5.82 Å². The smallest absolute Gasteiger partial charge is 0.366 e. The van der Waals surface area contributed by atoms with Gasteiger partial charge < -0.3 is 5.73 Å². The molecule has 2 rings (SSSR count). The summed E-state index contributed by atoms with van der Waals surface area (Å²) < 4.78 is 38.7. The normalized spacial score (nSPS) is 11.7. The summed E-state index contributed by atoms with van der Waals surface area (Å²) in [6.07, 6.45) is -2.18. The average Bonchev–Trinajstić information content (AvgIpc) is 2.64. The van der Waals surface area contributed by atoms with Crippen LogP contribution in [-0.2, 0) is 6.18 Å². The summed E-state index contributed by atoms with van der Waals surface area (Å²) in [7, 11) is 0. The highest BCUT2D eigenvalue weighted by Crippen LogP contribution is 2.32. The number of aromatic nitrogens is 4. The number of halogens is 3. The van der Waals surface area contributed by atoms with Gasteiger partial charge in [-0.1, -0.05) is 0 Å². The number of nitrogen functional groups attached to an aromatic ring is 1. The van der Waals surface area contributed by atoms with Crippen molar-refractivity contribution in [3.8, 4) is 5.82 Å². The lowest BCUT2D eigenvalue weighted by Crippen LogP contribution is -2.12. The topological polar surface area (TPSA) is 69.6 Å². The molecule has 0 saturated carbocycles. The van der Waals surface area contributed by atoms with Crippen LogP contribution in [0.2, 0.25) is 0 Å². The Balaban J connectivity index is 2.57. The van der Waals surface area contributed by atoms with E-state index in [1.807, 2.05) is 0 Å². The molecule has 8 heteroatoms. The number of hydrogen-bond acceptors (Lipinski definition) is 4. The van der Waals surface area contributed by atoms with Crippen LogP contribution in [0.4, 0.5) is 19.1 Å². The Morgan fingerprint density at radius 2 is 2.00 bits per heavy atom. The molecule has 0 aromatic carbocycles. The second-order valence-electron chi connectivity index (χ2n) is 2.92. The molecule has 0 atom stereocenters. The molecule has 5 nitrogen and oxygen atoms in total. The molecule has 0 bridgehead atoms. The zero-order valence-electron chi connectivity index (χ0n) is 7.81. The molecule has 2 N–H and O–H groups in total. The van der Waals surface area contributed by atoms with Crippen LogP contribution in [0.3, 0.4) is 0 Å². The number of rotatable bonds is 1. The Bertz CT molecular complexity index is 504. The van der Waals surface area contributed by atoms with Crippen LogP contribution in [-0.4, -0.2) is 19.7 Å². The maximum Gasteiger partial charge on any atom is 0.420 e. The van der Waals surface area contributed by atoms with Gasteiger partial charge in [-0.25, -0.2) is 9.97 Å². The molecule has 2 aromatic heterocycles. The van der Waals surface area contributed by atoms with Crippen LogP contribution in [0.1, 0.15) is 5.56 Å². The molecule has 0 radical (unpaired) electrons. The number of nitrogens with two attached hydrogens (primary N) is 1. The van der Waals surface area contributed by atoms with Crippen LogP contribution < -0.4 is 5.73 Å². The van der Waals surface area contributed by atoms with Gasteiger partial charge in [-0.05, 0) is 12.1 Å². The van der Waals surface area contributed by atoms with Crippen LogP contribution in [0, 0.1) is 0 Å². The van der Waals surface area contributed by atoms with Crippen molar-refractivity contribution in [2.24, 2.45) is 0 Å². The van der Waals surface area contributed by atoms with Crippen molar-refractivity contribution in [3.63, 3.8) is 0 Å². The SMILES string of the molecule is Nc1ncn(-c2ncccc2C(F)(F)F)n1. The summed E-state index contributed by atoms with van der Waals surface area (Å²) in [6.45, 7) is 0. The van der Waals surface area contributed by atoms with Crippen molar-refractivity contribution in [1.82, 2.24) is 19.7 Å². The molecule has 0 aliphatic rings. The van der Waals surface area contributed by atoms with E-state index in [1.54, 1.807) is 0 Å². The van der Waals surface area contributed by atoms with E-state index in [-0.39, 0.29) is 11.8 Å². The maximum atomic E-state index is 12.6. The molecular formula is C8H6F3N5. The lowest BCUT2D eigenvalue weighted by Gasteiger charge is -2.10. The van der Waals surface area contributed by atoms with E-state index in [1.165, 1.54) is 12.3 Å². The zero-order chi connectivity index (χ0) is 11.8. The lowest BCUT2D eigenvalue weighted by molar-refractivity contribution is -0.137. The average molecular weight is 229 g/mol. The van der Waals surface area contributed by atoms with Gasteiger partial charge >= 0.3 is 6.18 Å². The van der Waals surface area contributed by atoms with E-state index in [0.717, 1.165) is 17.1 Å². The van der Waals surface area contributed by atoms with Gasteiger partial charge in [0.15, 0.2) is 5.82 Å². The number of hydrogen-bond donors (Lipinski definition) is 1. The molecular weight excluding hydrogens is 223 g/mol. The molecule has 0 fully saturated rings. The minimum atomic E-state index is -4.50. The fourth-order valence-corrected chi connectivity index (χ4v) is 1.18. The third-order valence-electron chi connectivity index (χ3n) is 1.82. The lowest BCUT2D eigenvalue weighted by atomic mass is 10.2. The van der Waals surface area contributed by atoms with E-state index in [0.29, 0.717) is 0 Å². The molecule has 2 aromatic rings. The van der Waals surface area contributed by atoms with Crippen LogP contribution >= 0.6 is 0 Å². The second-order valence-corrected chi connectivity index (χ2v) is 2.92. The van der Waals surface area contributed by atoms with Gasteiger partial charge in [-0.3, -0.25) is 0 Å². The molecule has 0 saturated heterocycles. The van der Waals surface area contributed by atoms with Gasteiger partial charge in [-0.15, -0.1) is 5.10 Å². The molecule has 2 heterocycles. The second kappa shape index (κ2) is 3.47. The fraction of sp³-hybridized carbons (Fsp3) is 0.125. The van der Waals surface area contributed by atoms with Crippen LogP contribution in [0.5, 0.6) is 0 Å². The van der Waals surface area contributed by atoms with Gasteiger partial charge in [-0.2, -0.15) is 17.9 Å². The number of nitrogens with zero attached hydrogens (tertiary/aromatic N) is 4. The van der Waals surface area contributed by atoms with E-state index in [9.17, 15) is 13.2 Å². The quantitative estimate of drug-likeness (QED) is 0.799. The predicted molar refractivity (Wildman–Crippen MR) is 48.6 cm³/mol. The van der Waals surface area contributed by atoms with E-state index < -0.39 is 11.7 Å². The summed E-state index contributed by atoms with van der Waals surface area (Å²) in [5.74, 6) is -0.460. The van der Waals surface area contributed by atoms with E-state index in [2.05, 4.69) is 15.1 Å². The highest BCUT2D eigenvalue weighted by molar-refractivity contribution is 5.35. The number of pyridine rings is 1. The first-order valence-corrected chi connectivity index (χ1v) is 4.18. The summed E-state index contributed by atoms with van der Waals surface area (Å²) in [5.41, 5.74) is 4.33. The highest BCUT2D eigenvalue weighted by atomic mass is 19.4. The van der Waals surface area contributed by atoms with Crippen molar-refractivity contribution >= 4 is 5.95 Å². The Kier molecular flexibility index (Phi) is 2.26. The minimum absolute atomic E-state index is 0.112. The van der Waals surface area contributed by atoms with Gasteiger partial charge in [0.1, 0.15) is 11.9 Å². The van der Waals surface area contributed by atoms with Gasteiger partial charge in [0.05, 0.1) is 0 Å². The van der Waals surface area contributed by atoms with Crippen LogP contribution in [0.15, 0.2) is 24.7 Å². The standard InChI is InChI=1S/C8H6F3N5/c9-8(10,11)5-2-1-3-13-6(5)16-4-14-7(12)15-16/h1-4H,(H2,12,15). The monoisotopic (exact) mass is 229 g/mol. The molecule has 0 spiro atoms. The molecule has 0 amide bonds. The molecule has 84 valence electrons. The minimum Gasteiger partial charge on any atom is -0.366 e. The Morgan fingerprint density at radius 1 is 1.25 bits per heavy atom. The molecule has 0 aliphatic carbocycles. The summed E-state index contributed by atoms with van der Waals surface area (Å²) in [5, 5.41) is 3.58. The summed E-state index contributed by atoms with van der Waals surface area (Å²) in [6, 6.07) is 2.12. The maximum absolute atomic E-state index is 12.6. The first-order chi connectivity index (χ1) is 7.48. The largest absolute Gasteiger partial charge is 0.420 e. The Morgan fingerprint density at radius 3 is 2.56 bits per heavy atom. The van der Waals surface area contributed by atoms with Crippen molar-refractivity contribution in [2.45, 2.75) is 6.18 Å². The fourth-order valence-electron chi connectivity index (χ4n) is 1.18.